The van der Waals surface area contributed by atoms with E-state index in [1.807, 2.05) is 0 Å². The predicted molar refractivity (Wildman–Crippen MR) is 57.0 cm³/mol. The summed E-state index contributed by atoms with van der Waals surface area (Å²) in [6.45, 7) is -0.259. The van der Waals surface area contributed by atoms with Crippen LogP contribution in [-0.2, 0) is 4.74 Å². The molecule has 0 saturated carbocycles. The van der Waals surface area contributed by atoms with E-state index in [0.717, 1.165) is 0 Å². The van der Waals surface area contributed by atoms with Gasteiger partial charge in [-0.15, -0.1) is 0 Å². The highest BCUT2D eigenvalue weighted by atomic mass is 35.6. The summed E-state index contributed by atoms with van der Waals surface area (Å²) < 4.78 is 3.19. The van der Waals surface area contributed by atoms with Crippen LogP contribution in [0.2, 0.25) is 0 Å². The lowest BCUT2D eigenvalue weighted by atomic mass is 10.2. The molecule has 0 radical (unpaired) electrons. The van der Waals surface area contributed by atoms with Crippen LogP contribution in [0.25, 0.3) is 0 Å². The minimum Gasteiger partial charge on any atom is -0.458 e. The maximum absolute atomic E-state index is 11.3. The number of carbonyl (C=O) groups excluding carboxylic acids is 1. The molecule has 0 aromatic heterocycles. The van der Waals surface area contributed by atoms with E-state index in [0.29, 0.717) is 5.56 Å². The first kappa shape index (κ1) is 11.6. The van der Waals surface area contributed by atoms with E-state index in [2.05, 4.69) is 0 Å². The Bertz CT molecular complexity index is 306. The molecule has 0 spiro atoms. The monoisotopic (exact) mass is 252 g/mol. The molecule has 0 aliphatic carbocycles. The lowest BCUT2D eigenvalue weighted by Gasteiger charge is -2.10. The second-order valence-electron chi connectivity index (χ2n) is 2.56. The zero-order valence-corrected chi connectivity index (χ0v) is 9.31. The van der Waals surface area contributed by atoms with Gasteiger partial charge in [0.15, 0.2) is 0 Å². The van der Waals surface area contributed by atoms with E-state index in [9.17, 15) is 4.79 Å². The lowest BCUT2D eigenvalue weighted by Crippen LogP contribution is -2.17. The van der Waals surface area contributed by atoms with E-state index in [4.69, 9.17) is 39.5 Å². The molecule has 0 heterocycles. The van der Waals surface area contributed by atoms with Gasteiger partial charge in [0, 0.05) is 0 Å². The van der Waals surface area contributed by atoms with Crippen molar-refractivity contribution >= 4 is 40.8 Å². The Morgan fingerprint density at radius 3 is 2.29 bits per heavy atom. The topological polar surface area (TPSA) is 26.3 Å². The Balaban J connectivity index is 2.52. The Morgan fingerprint density at radius 1 is 1.21 bits per heavy atom. The first-order valence-corrected chi connectivity index (χ1v) is 4.91. The summed E-state index contributed by atoms with van der Waals surface area (Å²) in [4.78, 5) is 11.3. The fourth-order valence-corrected chi connectivity index (χ4v) is 0.969. The Morgan fingerprint density at radius 2 is 1.79 bits per heavy atom. The lowest BCUT2D eigenvalue weighted by molar-refractivity contribution is 0.0512. The van der Waals surface area contributed by atoms with Crippen LogP contribution in [0.1, 0.15) is 10.4 Å². The average Bonchev–Trinajstić information content (AvgIpc) is 2.14. The molecule has 0 amide bonds. The minimum absolute atomic E-state index is 0.259. The summed E-state index contributed by atoms with van der Waals surface area (Å²) in [6, 6.07) is 8.50. The van der Waals surface area contributed by atoms with E-state index < -0.39 is 9.76 Å². The number of ether oxygens (including phenoxy) is 1. The predicted octanol–water partition coefficient (Wildman–Crippen LogP) is 3.21. The summed E-state index contributed by atoms with van der Waals surface area (Å²) in [7, 11) is 0. The molecule has 0 atom stereocenters. The third-order valence-corrected chi connectivity index (χ3v) is 1.70. The summed E-state index contributed by atoms with van der Waals surface area (Å²) in [5, 5.41) is 0. The van der Waals surface area contributed by atoms with Crippen molar-refractivity contribution in [2.75, 3.05) is 6.61 Å². The smallest absolute Gasteiger partial charge is 0.338 e. The van der Waals surface area contributed by atoms with Crippen molar-refractivity contribution in [2.45, 2.75) is 3.79 Å². The number of halogens is 3. The molecule has 2 nitrogen and oxygen atoms in total. The number of hydrogen-bond acceptors (Lipinski definition) is 2. The average molecular weight is 254 g/mol. The SMILES string of the molecule is O=C(OCC(Cl)(Cl)Cl)c1ccccc1. The molecule has 0 aliphatic heterocycles. The van der Waals surface area contributed by atoms with Crippen LogP contribution >= 0.6 is 34.8 Å². The molecule has 0 fully saturated rings. The summed E-state index contributed by atoms with van der Waals surface area (Å²) in [6.07, 6.45) is 0. The zero-order valence-electron chi connectivity index (χ0n) is 7.04. The van der Waals surface area contributed by atoms with Crippen LogP contribution < -0.4 is 0 Å². The second kappa shape index (κ2) is 4.87. The van der Waals surface area contributed by atoms with Crippen LogP contribution in [0, 0.1) is 0 Å². The number of rotatable bonds is 2. The molecule has 1 aromatic carbocycles. The van der Waals surface area contributed by atoms with E-state index >= 15 is 0 Å². The number of hydrogen-bond donors (Lipinski definition) is 0. The Labute approximate surface area is 96.7 Å². The second-order valence-corrected chi connectivity index (χ2v) is 5.07. The van der Waals surface area contributed by atoms with Gasteiger partial charge in [-0.1, -0.05) is 53.0 Å². The van der Waals surface area contributed by atoms with Crippen molar-refractivity contribution in [3.63, 3.8) is 0 Å². The van der Waals surface area contributed by atoms with Crippen LogP contribution in [0.5, 0.6) is 0 Å². The van der Waals surface area contributed by atoms with Gasteiger partial charge in [0.05, 0.1) is 5.56 Å². The number of benzene rings is 1. The van der Waals surface area contributed by atoms with Crippen molar-refractivity contribution in [1.82, 2.24) is 0 Å². The molecular weight excluding hydrogens is 246 g/mol. The van der Waals surface area contributed by atoms with E-state index in [-0.39, 0.29) is 6.61 Å². The first-order valence-electron chi connectivity index (χ1n) is 3.78. The summed E-state index contributed by atoms with van der Waals surface area (Å²) >= 11 is 16.3. The van der Waals surface area contributed by atoms with Crippen molar-refractivity contribution in [3.8, 4) is 0 Å². The number of esters is 1. The van der Waals surface area contributed by atoms with Crippen LogP contribution in [0.4, 0.5) is 0 Å². The van der Waals surface area contributed by atoms with Gasteiger partial charge in [0.2, 0.25) is 3.79 Å². The highest BCUT2D eigenvalue weighted by Gasteiger charge is 2.22. The number of carbonyl (C=O) groups is 1. The largest absolute Gasteiger partial charge is 0.458 e. The fraction of sp³-hybridized carbons (Fsp3) is 0.222. The van der Waals surface area contributed by atoms with Crippen LogP contribution in [-0.4, -0.2) is 16.4 Å². The third-order valence-electron chi connectivity index (χ3n) is 1.38. The molecular formula is C9H7Cl3O2. The molecule has 0 N–H and O–H groups in total. The van der Waals surface area contributed by atoms with E-state index in [1.54, 1.807) is 30.3 Å². The zero-order chi connectivity index (χ0) is 10.6. The maximum Gasteiger partial charge on any atom is 0.338 e. The standard InChI is InChI=1S/C9H7Cl3O2/c10-9(11,12)6-14-8(13)7-4-2-1-3-5-7/h1-5H,6H2. The quantitative estimate of drug-likeness (QED) is 0.597. The van der Waals surface area contributed by atoms with Gasteiger partial charge in [0.25, 0.3) is 0 Å². The van der Waals surface area contributed by atoms with Gasteiger partial charge in [-0.2, -0.15) is 0 Å². The molecule has 0 unspecified atom stereocenters. The maximum atomic E-state index is 11.3. The molecule has 5 heteroatoms. The molecule has 0 aliphatic rings. The summed E-state index contributed by atoms with van der Waals surface area (Å²) in [5.41, 5.74) is 0.432. The van der Waals surface area contributed by atoms with Gasteiger partial charge in [-0.3, -0.25) is 0 Å². The first-order chi connectivity index (χ1) is 6.49. The van der Waals surface area contributed by atoms with Gasteiger partial charge in [-0.05, 0) is 12.1 Å². The van der Waals surface area contributed by atoms with Crippen LogP contribution in [0.15, 0.2) is 30.3 Å². The van der Waals surface area contributed by atoms with Crippen LogP contribution in [0.3, 0.4) is 0 Å². The van der Waals surface area contributed by atoms with Crippen molar-refractivity contribution in [3.05, 3.63) is 35.9 Å². The Kier molecular flexibility index (Phi) is 4.05. The normalized spacial score (nSPS) is 11.1. The van der Waals surface area contributed by atoms with Gasteiger partial charge in [-0.25, -0.2) is 4.79 Å². The third kappa shape index (κ3) is 4.18. The highest BCUT2D eigenvalue weighted by Crippen LogP contribution is 2.26. The van der Waals surface area contributed by atoms with Gasteiger partial charge in [0.1, 0.15) is 6.61 Å². The van der Waals surface area contributed by atoms with Crippen molar-refractivity contribution < 1.29 is 9.53 Å². The molecule has 0 bridgehead atoms. The molecule has 76 valence electrons. The fourth-order valence-electron chi connectivity index (χ4n) is 0.805. The number of alkyl halides is 3. The molecule has 0 saturated heterocycles. The summed E-state index contributed by atoms with van der Waals surface area (Å²) in [5.74, 6) is -0.503. The van der Waals surface area contributed by atoms with Crippen molar-refractivity contribution in [1.29, 1.82) is 0 Å². The van der Waals surface area contributed by atoms with E-state index in [1.165, 1.54) is 0 Å². The molecule has 1 aromatic rings. The van der Waals surface area contributed by atoms with Gasteiger partial charge >= 0.3 is 5.97 Å². The van der Waals surface area contributed by atoms with Crippen molar-refractivity contribution in [2.24, 2.45) is 0 Å². The molecule has 14 heavy (non-hydrogen) atoms. The molecule has 1 rings (SSSR count). The van der Waals surface area contributed by atoms with Gasteiger partial charge < -0.3 is 4.74 Å². The highest BCUT2D eigenvalue weighted by molar-refractivity contribution is 6.67. The minimum atomic E-state index is -1.57. The Hall–Kier alpha value is -0.440.